The molecule has 2 atom stereocenters. The van der Waals surface area contributed by atoms with Crippen LogP contribution in [-0.2, 0) is 0 Å². The standard InChI is InChI=1S/C18H38N2/c1-15-13-19(11-9-17(3,4)5)14-16(2)20(15)12-10-18(6,7)8/h15-16H,9-14H2,1-8H3. The zero-order valence-electron chi connectivity index (χ0n) is 15.3. The summed E-state index contributed by atoms with van der Waals surface area (Å²) in [6.07, 6.45) is 2.60. The van der Waals surface area contributed by atoms with Crippen LogP contribution in [0, 0.1) is 10.8 Å². The van der Waals surface area contributed by atoms with Crippen molar-refractivity contribution in [1.29, 1.82) is 0 Å². The van der Waals surface area contributed by atoms with E-state index in [1.54, 1.807) is 0 Å². The van der Waals surface area contributed by atoms with Crippen LogP contribution in [-0.4, -0.2) is 48.1 Å². The molecule has 2 heteroatoms. The van der Waals surface area contributed by atoms with Crippen molar-refractivity contribution in [2.75, 3.05) is 26.2 Å². The summed E-state index contributed by atoms with van der Waals surface area (Å²) in [5.41, 5.74) is 0.901. The minimum atomic E-state index is 0.447. The maximum atomic E-state index is 2.72. The van der Waals surface area contributed by atoms with Gasteiger partial charge in [0.25, 0.3) is 0 Å². The van der Waals surface area contributed by atoms with Crippen LogP contribution < -0.4 is 0 Å². The fraction of sp³-hybridized carbons (Fsp3) is 1.00. The highest BCUT2D eigenvalue weighted by Crippen LogP contribution is 2.24. The van der Waals surface area contributed by atoms with Crippen molar-refractivity contribution in [1.82, 2.24) is 9.80 Å². The first-order valence-electron chi connectivity index (χ1n) is 8.46. The number of nitrogens with zero attached hydrogens (tertiary/aromatic N) is 2. The second-order valence-electron chi connectivity index (χ2n) is 9.32. The van der Waals surface area contributed by atoms with Gasteiger partial charge >= 0.3 is 0 Å². The van der Waals surface area contributed by atoms with E-state index in [9.17, 15) is 0 Å². The third-order valence-corrected chi connectivity index (χ3v) is 4.48. The summed E-state index contributed by atoms with van der Waals surface area (Å²) >= 11 is 0. The highest BCUT2D eigenvalue weighted by atomic mass is 15.3. The van der Waals surface area contributed by atoms with Gasteiger partial charge in [0, 0.05) is 25.2 Å². The Labute approximate surface area is 127 Å². The molecule has 0 aromatic rings. The first kappa shape index (κ1) is 18.0. The Balaban J connectivity index is 2.45. The molecule has 0 amide bonds. The molecule has 0 aromatic heterocycles. The molecule has 0 aliphatic carbocycles. The molecule has 1 aliphatic rings. The predicted molar refractivity (Wildman–Crippen MR) is 90.2 cm³/mol. The largest absolute Gasteiger partial charge is 0.300 e. The predicted octanol–water partition coefficient (Wildman–Crippen LogP) is 4.25. The number of hydrogen-bond acceptors (Lipinski definition) is 2. The van der Waals surface area contributed by atoms with E-state index >= 15 is 0 Å². The van der Waals surface area contributed by atoms with E-state index in [0.717, 1.165) is 0 Å². The maximum Gasteiger partial charge on any atom is 0.0198 e. The summed E-state index contributed by atoms with van der Waals surface area (Å²) in [7, 11) is 0. The average molecular weight is 283 g/mol. The fourth-order valence-corrected chi connectivity index (χ4v) is 3.05. The minimum absolute atomic E-state index is 0.447. The molecular weight excluding hydrogens is 244 g/mol. The van der Waals surface area contributed by atoms with Crippen LogP contribution in [0.4, 0.5) is 0 Å². The molecule has 0 N–H and O–H groups in total. The normalized spacial score (nSPS) is 27.0. The average Bonchev–Trinajstić information content (AvgIpc) is 2.22. The van der Waals surface area contributed by atoms with Gasteiger partial charge < -0.3 is 4.90 Å². The molecule has 20 heavy (non-hydrogen) atoms. The van der Waals surface area contributed by atoms with Crippen molar-refractivity contribution in [2.24, 2.45) is 10.8 Å². The number of hydrogen-bond donors (Lipinski definition) is 0. The van der Waals surface area contributed by atoms with E-state index in [1.165, 1.54) is 39.0 Å². The van der Waals surface area contributed by atoms with E-state index in [1.807, 2.05) is 0 Å². The molecule has 0 radical (unpaired) electrons. The van der Waals surface area contributed by atoms with Crippen LogP contribution in [0.25, 0.3) is 0 Å². The molecule has 1 heterocycles. The van der Waals surface area contributed by atoms with Crippen molar-refractivity contribution >= 4 is 0 Å². The molecular formula is C18H38N2. The molecule has 2 unspecified atom stereocenters. The third-order valence-electron chi connectivity index (χ3n) is 4.48. The molecule has 1 fully saturated rings. The van der Waals surface area contributed by atoms with Crippen molar-refractivity contribution < 1.29 is 0 Å². The van der Waals surface area contributed by atoms with Crippen molar-refractivity contribution in [3.8, 4) is 0 Å². The van der Waals surface area contributed by atoms with Gasteiger partial charge in [0.2, 0.25) is 0 Å². The lowest BCUT2D eigenvalue weighted by Crippen LogP contribution is -2.57. The minimum Gasteiger partial charge on any atom is -0.300 e. The van der Waals surface area contributed by atoms with Crippen molar-refractivity contribution in [2.45, 2.75) is 80.3 Å². The molecule has 120 valence electrons. The Morgan fingerprint density at radius 3 is 1.55 bits per heavy atom. The fourth-order valence-electron chi connectivity index (χ4n) is 3.05. The third kappa shape index (κ3) is 6.58. The van der Waals surface area contributed by atoms with Crippen molar-refractivity contribution in [3.63, 3.8) is 0 Å². The second-order valence-corrected chi connectivity index (χ2v) is 9.32. The number of piperazine rings is 1. The SMILES string of the molecule is CC1CN(CCC(C)(C)C)CC(C)N1CCC(C)(C)C. The Bertz CT molecular complexity index is 273. The first-order chi connectivity index (χ1) is 8.98. The van der Waals surface area contributed by atoms with E-state index in [2.05, 4.69) is 65.2 Å². The lowest BCUT2D eigenvalue weighted by Gasteiger charge is -2.45. The lowest BCUT2D eigenvalue weighted by atomic mass is 9.90. The van der Waals surface area contributed by atoms with Gasteiger partial charge in [0.1, 0.15) is 0 Å². The van der Waals surface area contributed by atoms with Gasteiger partial charge in [-0.05, 0) is 50.6 Å². The smallest absolute Gasteiger partial charge is 0.0198 e. The Morgan fingerprint density at radius 2 is 1.15 bits per heavy atom. The molecule has 2 nitrogen and oxygen atoms in total. The zero-order chi connectivity index (χ0) is 15.6. The van der Waals surface area contributed by atoms with Gasteiger partial charge in [0.05, 0.1) is 0 Å². The quantitative estimate of drug-likeness (QED) is 0.760. The molecule has 1 saturated heterocycles. The molecule has 0 bridgehead atoms. The summed E-state index contributed by atoms with van der Waals surface area (Å²) in [5.74, 6) is 0. The topological polar surface area (TPSA) is 6.48 Å². The Kier molecular flexibility index (Phi) is 6.10. The van der Waals surface area contributed by atoms with E-state index in [-0.39, 0.29) is 0 Å². The van der Waals surface area contributed by atoms with Crippen LogP contribution in [0.5, 0.6) is 0 Å². The molecule has 1 rings (SSSR count). The highest BCUT2D eigenvalue weighted by Gasteiger charge is 2.30. The molecule has 1 aliphatic heterocycles. The summed E-state index contributed by atoms with van der Waals surface area (Å²) in [6, 6.07) is 1.39. The van der Waals surface area contributed by atoms with Gasteiger partial charge in [0.15, 0.2) is 0 Å². The highest BCUT2D eigenvalue weighted by molar-refractivity contribution is 4.86. The Morgan fingerprint density at radius 1 is 0.750 bits per heavy atom. The monoisotopic (exact) mass is 282 g/mol. The summed E-state index contributed by atoms with van der Waals surface area (Å²) in [6.45, 7) is 23.9. The van der Waals surface area contributed by atoms with Gasteiger partial charge in [-0.2, -0.15) is 0 Å². The molecule has 0 aromatic carbocycles. The van der Waals surface area contributed by atoms with E-state index in [0.29, 0.717) is 22.9 Å². The van der Waals surface area contributed by atoms with Gasteiger partial charge in [-0.25, -0.2) is 0 Å². The van der Waals surface area contributed by atoms with Crippen molar-refractivity contribution in [3.05, 3.63) is 0 Å². The summed E-state index contributed by atoms with van der Waals surface area (Å²) in [4.78, 5) is 5.40. The van der Waals surface area contributed by atoms with Crippen LogP contribution in [0.2, 0.25) is 0 Å². The zero-order valence-corrected chi connectivity index (χ0v) is 15.3. The van der Waals surface area contributed by atoms with Crippen LogP contribution >= 0.6 is 0 Å². The van der Waals surface area contributed by atoms with E-state index < -0.39 is 0 Å². The van der Waals surface area contributed by atoms with Gasteiger partial charge in [-0.15, -0.1) is 0 Å². The van der Waals surface area contributed by atoms with Crippen LogP contribution in [0.1, 0.15) is 68.2 Å². The van der Waals surface area contributed by atoms with E-state index in [4.69, 9.17) is 0 Å². The lowest BCUT2D eigenvalue weighted by molar-refractivity contribution is 0.0274. The van der Waals surface area contributed by atoms with Crippen LogP contribution in [0.3, 0.4) is 0 Å². The summed E-state index contributed by atoms with van der Waals surface area (Å²) in [5, 5.41) is 0. The molecule has 0 spiro atoms. The van der Waals surface area contributed by atoms with Gasteiger partial charge in [-0.3, -0.25) is 4.90 Å². The number of rotatable bonds is 4. The first-order valence-corrected chi connectivity index (χ1v) is 8.46. The summed E-state index contributed by atoms with van der Waals surface area (Å²) < 4.78 is 0. The maximum absolute atomic E-state index is 2.72. The molecule has 0 saturated carbocycles. The second kappa shape index (κ2) is 6.79. The Hall–Kier alpha value is -0.0800. The van der Waals surface area contributed by atoms with Gasteiger partial charge in [-0.1, -0.05) is 41.5 Å². The van der Waals surface area contributed by atoms with Crippen LogP contribution in [0.15, 0.2) is 0 Å².